The average molecular weight is 1330 g/mol. The van der Waals surface area contributed by atoms with Crippen LogP contribution in [-0.2, 0) is 56.7 Å². The van der Waals surface area contributed by atoms with Gasteiger partial charge in [-0.25, -0.2) is 29.1 Å². The Morgan fingerprint density at radius 3 is 1.61 bits per heavy atom. The number of nitrogens with zero attached hydrogens (tertiary/aromatic N) is 4. The van der Waals surface area contributed by atoms with E-state index in [0.717, 1.165) is 16.8 Å². The summed E-state index contributed by atoms with van der Waals surface area (Å²) in [4.78, 5) is 103. The number of hydrogen-bond donors (Lipinski definition) is 11. The number of halogens is 12. The zero-order chi connectivity index (χ0) is 70.9. The molecule has 92 heavy (non-hydrogen) atoms. The van der Waals surface area contributed by atoms with Crippen LogP contribution in [0.5, 0.6) is 11.5 Å². The van der Waals surface area contributed by atoms with Crippen LogP contribution in [0, 0.1) is 18.3 Å². The van der Waals surface area contributed by atoms with Gasteiger partial charge in [-0.2, -0.15) is 57.9 Å². The van der Waals surface area contributed by atoms with E-state index in [4.69, 9.17) is 76.5 Å². The van der Waals surface area contributed by atoms with Crippen molar-refractivity contribution in [1.29, 1.82) is 5.26 Å². The summed E-state index contributed by atoms with van der Waals surface area (Å²) in [7, 11) is 1.52. The monoisotopic (exact) mass is 1330 g/mol. The van der Waals surface area contributed by atoms with Crippen LogP contribution in [0.4, 0.5) is 52.7 Å². The van der Waals surface area contributed by atoms with Gasteiger partial charge in [-0.1, -0.05) is 57.2 Å². The molecule has 25 nitrogen and oxygen atoms in total. The van der Waals surface area contributed by atoms with Gasteiger partial charge in [0.15, 0.2) is 5.82 Å². The number of alkyl halides is 12. The van der Waals surface area contributed by atoms with Gasteiger partial charge >= 0.3 is 48.6 Å². The molecule has 1 aliphatic heterocycles. The molecule has 0 saturated heterocycles. The van der Waals surface area contributed by atoms with Crippen LogP contribution in [0.15, 0.2) is 66.9 Å². The smallest absolute Gasteiger partial charge is 0.490 e. The molecule has 4 aromatic rings. The van der Waals surface area contributed by atoms with Gasteiger partial charge in [0.05, 0.1) is 12.1 Å². The van der Waals surface area contributed by atoms with Crippen molar-refractivity contribution in [2.45, 2.75) is 108 Å². The predicted molar refractivity (Wildman–Crippen MR) is 298 cm³/mol. The molecule has 37 heteroatoms. The summed E-state index contributed by atoms with van der Waals surface area (Å²) in [6, 6.07) is 16.1. The van der Waals surface area contributed by atoms with E-state index >= 15 is 0 Å². The normalized spacial score (nSPS) is 15.2. The highest BCUT2D eigenvalue weighted by molar-refractivity contribution is 5.96. The van der Waals surface area contributed by atoms with E-state index in [1.165, 1.54) is 24.4 Å². The molecule has 3 aromatic carbocycles. The van der Waals surface area contributed by atoms with Crippen molar-refractivity contribution in [3.05, 3.63) is 94.8 Å². The maximum atomic E-state index is 14.6. The highest BCUT2D eigenvalue weighted by Crippen LogP contribution is 2.40. The number of nitriles is 1. The van der Waals surface area contributed by atoms with Gasteiger partial charge in [0.25, 0.3) is 0 Å². The van der Waals surface area contributed by atoms with Gasteiger partial charge in [0, 0.05) is 67.2 Å². The SMILES string of the molecule is Cc1nc(-c2ccc(C(C)(C)C)cc2)ncc1CN[C@@H](CCN)C(=O)N(C)[C@@H]1C(=O)N[C@@H](C)C(=O)N[C@H](C(=O)NCC#N)Cc2ccc(OCCN)c(c2)-c2cc1ccc2OCCN.O=C(O)C(F)(F)F.O=C(O)C(F)(F)F.O=C(O)C(F)(F)F.O=C(O)C(F)(F)F. The van der Waals surface area contributed by atoms with Crippen LogP contribution >= 0.6 is 0 Å². The van der Waals surface area contributed by atoms with Crippen LogP contribution < -0.4 is 47.9 Å². The number of aliphatic carboxylic acids is 4. The molecule has 508 valence electrons. The fraction of sp³-hybridized carbons (Fsp3) is 0.436. The van der Waals surface area contributed by atoms with Crippen LogP contribution in [0.3, 0.4) is 0 Å². The van der Waals surface area contributed by atoms with Gasteiger partial charge in [-0.15, -0.1) is 0 Å². The Morgan fingerprint density at radius 2 is 1.18 bits per heavy atom. The molecule has 4 amide bonds. The Balaban J connectivity index is 0.00000125. The topological polar surface area (TPSA) is 415 Å². The lowest BCUT2D eigenvalue weighted by molar-refractivity contribution is -0.193. The highest BCUT2D eigenvalue weighted by atomic mass is 19.4. The van der Waals surface area contributed by atoms with E-state index in [9.17, 15) is 71.9 Å². The molecule has 0 radical (unpaired) electrons. The first-order valence-corrected chi connectivity index (χ1v) is 26.4. The summed E-state index contributed by atoms with van der Waals surface area (Å²) in [6.07, 6.45) is -18.3. The fourth-order valence-corrected chi connectivity index (χ4v) is 7.34. The molecular weight excluding hydrogens is 1270 g/mol. The molecular formula is C55H65F12N11O14. The number of nitrogens with two attached hydrogens (primary N) is 3. The first kappa shape index (κ1) is 80.6. The van der Waals surface area contributed by atoms with Crippen molar-refractivity contribution in [3.63, 3.8) is 0 Å². The molecule has 5 rings (SSSR count). The van der Waals surface area contributed by atoms with E-state index in [1.807, 2.05) is 25.1 Å². The minimum Gasteiger partial charge on any atom is -0.492 e. The minimum absolute atomic E-state index is 0.00919. The second-order valence-corrected chi connectivity index (χ2v) is 19.9. The molecule has 4 bridgehead atoms. The number of ether oxygens (including phenoxy) is 2. The summed E-state index contributed by atoms with van der Waals surface area (Å²) in [5.74, 6) is -11.9. The number of carboxylic acid groups (broad SMARTS) is 4. The maximum absolute atomic E-state index is 14.6. The summed E-state index contributed by atoms with van der Waals surface area (Å²) in [5.41, 5.74) is 23.4. The van der Waals surface area contributed by atoms with Crippen molar-refractivity contribution < 1.29 is 121 Å². The summed E-state index contributed by atoms with van der Waals surface area (Å²) < 4.78 is 139. The van der Waals surface area contributed by atoms with Crippen LogP contribution in [0.2, 0.25) is 0 Å². The molecule has 0 fully saturated rings. The van der Waals surface area contributed by atoms with Gasteiger partial charge in [0.2, 0.25) is 23.6 Å². The summed E-state index contributed by atoms with van der Waals surface area (Å²) in [6.45, 7) is 10.7. The number of benzene rings is 3. The number of fused-ring (bicyclic) bond motifs is 5. The van der Waals surface area contributed by atoms with Crippen molar-refractivity contribution in [2.75, 3.05) is 46.4 Å². The lowest BCUT2D eigenvalue weighted by Gasteiger charge is -2.32. The third-order valence-corrected chi connectivity index (χ3v) is 11.9. The summed E-state index contributed by atoms with van der Waals surface area (Å²) in [5, 5.41) is 49.0. The van der Waals surface area contributed by atoms with Crippen molar-refractivity contribution in [1.82, 2.24) is 36.1 Å². The number of amides is 4. The molecule has 1 aromatic heterocycles. The van der Waals surface area contributed by atoms with Crippen molar-refractivity contribution >= 4 is 47.5 Å². The fourth-order valence-electron chi connectivity index (χ4n) is 7.34. The third kappa shape index (κ3) is 27.0. The number of aryl methyl sites for hydroxylation is 1. The number of aromatic nitrogens is 2. The molecule has 0 unspecified atom stereocenters. The number of hydrogen-bond acceptors (Lipinski definition) is 17. The van der Waals surface area contributed by atoms with Gasteiger partial charge in [-0.05, 0) is 73.2 Å². The first-order chi connectivity index (χ1) is 42.4. The highest BCUT2D eigenvalue weighted by Gasteiger charge is 2.41. The molecule has 1 aliphatic rings. The Kier molecular flexibility index (Phi) is 31.4. The lowest BCUT2D eigenvalue weighted by atomic mass is 9.87. The van der Waals surface area contributed by atoms with Gasteiger partial charge < -0.3 is 73.3 Å². The number of carbonyl (C=O) groups is 8. The van der Waals surface area contributed by atoms with Gasteiger partial charge in [-0.3, -0.25) is 19.2 Å². The van der Waals surface area contributed by atoms with E-state index in [2.05, 4.69) is 59.2 Å². The Morgan fingerprint density at radius 1 is 0.717 bits per heavy atom. The Labute approximate surface area is 515 Å². The second-order valence-electron chi connectivity index (χ2n) is 19.9. The largest absolute Gasteiger partial charge is 0.492 e. The lowest BCUT2D eigenvalue weighted by Crippen LogP contribution is -2.55. The zero-order valence-electron chi connectivity index (χ0n) is 49.5. The zero-order valence-corrected chi connectivity index (χ0v) is 49.5. The Hall–Kier alpha value is -9.41. The minimum atomic E-state index is -5.08. The molecule has 2 heterocycles. The molecule has 0 aliphatic carbocycles. The molecule has 14 N–H and O–H groups in total. The number of carboxylic acids is 4. The maximum Gasteiger partial charge on any atom is 0.490 e. The van der Waals surface area contributed by atoms with Crippen molar-refractivity contribution in [2.24, 2.45) is 17.2 Å². The number of rotatable bonds is 16. The number of nitrogens with one attached hydrogen (secondary N) is 4. The molecule has 0 spiro atoms. The van der Waals surface area contributed by atoms with Crippen LogP contribution in [0.25, 0.3) is 22.5 Å². The van der Waals surface area contributed by atoms with Gasteiger partial charge in [0.1, 0.15) is 49.4 Å². The van der Waals surface area contributed by atoms with E-state index in [-0.39, 0.29) is 64.2 Å². The third-order valence-electron chi connectivity index (χ3n) is 11.9. The van der Waals surface area contributed by atoms with Crippen molar-refractivity contribution in [3.8, 4) is 40.1 Å². The predicted octanol–water partition coefficient (Wildman–Crippen LogP) is 4.82. The van der Waals surface area contributed by atoms with Crippen LogP contribution in [0.1, 0.15) is 68.1 Å². The number of likely N-dealkylation sites (N-methyl/N-ethyl adjacent to an activating group) is 1. The van der Waals surface area contributed by atoms with E-state index in [0.29, 0.717) is 39.6 Å². The first-order valence-electron chi connectivity index (χ1n) is 26.4. The van der Waals surface area contributed by atoms with E-state index in [1.54, 1.807) is 42.6 Å². The second kappa shape index (κ2) is 35.8. The Bertz CT molecular complexity index is 3120. The van der Waals surface area contributed by atoms with E-state index < -0.39 is 96.4 Å². The molecule has 0 saturated carbocycles. The summed E-state index contributed by atoms with van der Waals surface area (Å²) >= 11 is 0. The van der Waals surface area contributed by atoms with Crippen LogP contribution in [-0.4, -0.2) is 172 Å². The molecule has 4 atom stereocenters. The number of carbonyl (C=O) groups excluding carboxylic acids is 4. The average Bonchev–Trinajstić information content (AvgIpc) is 0.801. The standard InChI is InChI=1S/C47H61N11O6.4C2HF3O2/c1-28-33(27-54-42(55-28)31-8-11-34(12-9-31)47(3,4)5)26-53-37(15-16-48)46(62)58(6)41-32-10-14-40(64-22-19-51)36(25-32)35-23-30(7-13-39(35)63-21-18-50)24-38(44(60)52-20-17-49)57-43(59)29(2)56-45(41)61;4*3-2(4,5)1(6)7/h7-14,23,25,27,29,37-38,41,53H,15-16,18-22,24,26,48,50-51H2,1-6H3,(H,52,60)(H,56,61)(H,57,59);4*(H,6,7)/t29-,37-,38-,41-;;;;/m0..../s1. The quantitative estimate of drug-likeness (QED) is 0.0529.